The zero-order valence-corrected chi connectivity index (χ0v) is 24.2. The number of aromatic nitrogens is 6. The highest BCUT2D eigenvalue weighted by molar-refractivity contribution is 6.55. The summed E-state index contributed by atoms with van der Waals surface area (Å²) in [5, 5.41) is 26.3. The van der Waals surface area contributed by atoms with Crippen molar-refractivity contribution in [2.45, 2.75) is 20.8 Å². The molecule has 205 valence electrons. The number of nitrogens with zero attached hydrogens (tertiary/aromatic N) is 6. The van der Waals surface area contributed by atoms with Crippen LogP contribution in [0, 0.1) is 20.8 Å². The molecule has 0 amide bonds. The Morgan fingerprint density at radius 2 is 0.860 bits per heavy atom. The molecule has 0 fully saturated rings. The third kappa shape index (κ3) is 3.33. The average Bonchev–Trinajstić information content (AvgIpc) is 3.69. The second-order valence-corrected chi connectivity index (χ2v) is 11.5. The predicted molar refractivity (Wildman–Crippen MR) is 178 cm³/mol. The molecule has 9 rings (SSSR count). The molecular weight excluding hydrogens is 527 g/mol. The van der Waals surface area contributed by atoms with Crippen LogP contribution in [0.3, 0.4) is 0 Å². The number of hydrogen-bond donors (Lipinski definition) is 0. The monoisotopic (exact) mass is 554 g/mol. The lowest BCUT2D eigenvalue weighted by Gasteiger charge is -2.33. The van der Waals surface area contributed by atoms with Crippen LogP contribution in [0.1, 0.15) is 17.1 Å². The molecule has 6 nitrogen and oxygen atoms in total. The van der Waals surface area contributed by atoms with Gasteiger partial charge >= 0.3 is 0 Å². The predicted octanol–water partition coefficient (Wildman–Crippen LogP) is 8.05. The highest BCUT2D eigenvalue weighted by atomic mass is 15.5. The molecule has 0 unspecified atom stereocenters. The zero-order chi connectivity index (χ0) is 28.8. The van der Waals surface area contributed by atoms with Crippen molar-refractivity contribution in [3.63, 3.8) is 0 Å². The maximum atomic E-state index is 5.36. The minimum atomic E-state index is -0.473. The van der Waals surface area contributed by atoms with Gasteiger partial charge in [0, 0.05) is 49.2 Å². The Bertz CT molecular complexity index is 2450. The first kappa shape index (κ1) is 24.2. The fraction of sp³-hybridized carbons (Fsp3) is 0.0833. The number of aryl methyl sites for hydroxylation is 3. The van der Waals surface area contributed by atoms with Crippen LogP contribution in [0.2, 0.25) is 0 Å². The van der Waals surface area contributed by atoms with E-state index in [1.54, 1.807) is 0 Å². The van der Waals surface area contributed by atoms with E-state index in [0.717, 1.165) is 65.9 Å². The van der Waals surface area contributed by atoms with Crippen LogP contribution in [-0.2, 0) is 0 Å². The van der Waals surface area contributed by atoms with Crippen LogP contribution in [0.25, 0.3) is 65.0 Å². The summed E-state index contributed by atoms with van der Waals surface area (Å²) in [6.45, 7) is 6.40. The van der Waals surface area contributed by atoms with Gasteiger partial charge in [0.1, 0.15) is 0 Å². The van der Waals surface area contributed by atoms with E-state index in [0.29, 0.717) is 0 Å². The Morgan fingerprint density at radius 3 is 1.40 bits per heavy atom. The number of fused-ring (bicyclic) bond motifs is 9. The Balaban J connectivity index is 1.43. The van der Waals surface area contributed by atoms with Crippen molar-refractivity contribution in [3.8, 4) is 0 Å². The molecule has 6 aromatic carbocycles. The summed E-state index contributed by atoms with van der Waals surface area (Å²) in [6.07, 6.45) is 0. The van der Waals surface area contributed by atoms with Gasteiger partial charge < -0.3 is 13.8 Å². The topological polar surface area (TPSA) is 53.5 Å². The number of benzene rings is 6. The largest absolute Gasteiger partial charge is 0.421 e. The first-order valence-electron chi connectivity index (χ1n) is 14.7. The lowest BCUT2D eigenvalue weighted by atomic mass is 9.91. The van der Waals surface area contributed by atoms with Gasteiger partial charge in [0.15, 0.2) is 0 Å². The molecule has 0 N–H and O–H groups in total. The summed E-state index contributed by atoms with van der Waals surface area (Å²) >= 11 is 0. The molecule has 1 radical (unpaired) electrons. The maximum absolute atomic E-state index is 5.36. The smallest absolute Gasteiger partial charge is 0.262 e. The van der Waals surface area contributed by atoms with Crippen molar-refractivity contribution in [1.82, 2.24) is 29.1 Å². The Labute approximate surface area is 247 Å². The second-order valence-electron chi connectivity index (χ2n) is 11.5. The fourth-order valence-electron chi connectivity index (χ4n) is 6.91. The fourth-order valence-corrected chi connectivity index (χ4v) is 6.91. The molecule has 0 aliphatic heterocycles. The molecule has 7 heteroatoms. The van der Waals surface area contributed by atoms with Gasteiger partial charge in [0.25, 0.3) is 7.12 Å². The lowest BCUT2D eigenvalue weighted by Crippen LogP contribution is -2.45. The van der Waals surface area contributed by atoms with Crippen molar-refractivity contribution in [2.75, 3.05) is 0 Å². The van der Waals surface area contributed by atoms with Crippen LogP contribution < -0.4 is 0 Å². The first-order chi connectivity index (χ1) is 21.1. The van der Waals surface area contributed by atoms with Crippen LogP contribution >= 0.6 is 0 Å². The second kappa shape index (κ2) is 8.79. The SMILES string of the molecule is Cc1nn([B-](n2nc3c(ccc4ccccc43)c2C)n2nc3c(ccc4ccccc43)c2C)c2c1ccc1ccccc12. The quantitative estimate of drug-likeness (QED) is 0.208. The number of rotatable bonds is 3. The van der Waals surface area contributed by atoms with E-state index >= 15 is 0 Å². The zero-order valence-electron chi connectivity index (χ0n) is 24.2. The standard InChI is InChI=1S/C36H27BN6/c1-22-28-19-16-27-12-6-9-15-33(27)36(28)43(38-22)37(41-23(2)29-20-17-25-10-4-7-13-31(25)34(29)39-41)42-24(3)30-21-18-26-11-5-8-14-32(26)35(30)40-42/h4-21H,1-3H3/q-1. The van der Waals surface area contributed by atoms with E-state index in [4.69, 9.17) is 15.3 Å². The van der Waals surface area contributed by atoms with Crippen molar-refractivity contribution < 1.29 is 0 Å². The summed E-state index contributed by atoms with van der Waals surface area (Å²) in [5.74, 6) is 0. The van der Waals surface area contributed by atoms with E-state index in [1.807, 2.05) is 0 Å². The molecule has 9 aromatic rings. The lowest BCUT2D eigenvalue weighted by molar-refractivity contribution is 0.765. The Morgan fingerprint density at radius 1 is 0.419 bits per heavy atom. The third-order valence-corrected chi connectivity index (χ3v) is 9.12. The van der Waals surface area contributed by atoms with Crippen molar-refractivity contribution >= 4 is 72.1 Å². The van der Waals surface area contributed by atoms with E-state index in [-0.39, 0.29) is 0 Å². The van der Waals surface area contributed by atoms with Crippen LogP contribution in [0.4, 0.5) is 0 Å². The molecule has 0 bridgehead atoms. The molecule has 3 aromatic heterocycles. The molecule has 0 aliphatic carbocycles. The summed E-state index contributed by atoms with van der Waals surface area (Å²) in [5.41, 5.74) is 6.16. The van der Waals surface area contributed by atoms with Gasteiger partial charge in [-0.15, -0.1) is 0 Å². The van der Waals surface area contributed by atoms with Crippen molar-refractivity contribution in [2.24, 2.45) is 0 Å². The highest BCUT2D eigenvalue weighted by Crippen LogP contribution is 2.33. The van der Waals surface area contributed by atoms with Crippen molar-refractivity contribution in [3.05, 3.63) is 126 Å². The van der Waals surface area contributed by atoms with Gasteiger partial charge in [-0.25, -0.2) is 15.3 Å². The summed E-state index contributed by atoms with van der Waals surface area (Å²) in [6, 6.07) is 38.6. The van der Waals surface area contributed by atoms with Crippen molar-refractivity contribution in [1.29, 1.82) is 0 Å². The average molecular weight is 554 g/mol. The normalized spacial score (nSPS) is 12.3. The van der Waals surface area contributed by atoms with Crippen LogP contribution in [0.15, 0.2) is 109 Å². The van der Waals surface area contributed by atoms with Crippen LogP contribution in [-0.4, -0.2) is 36.2 Å². The third-order valence-electron chi connectivity index (χ3n) is 9.12. The van der Waals surface area contributed by atoms with E-state index in [1.165, 1.54) is 16.2 Å². The van der Waals surface area contributed by atoms with E-state index in [9.17, 15) is 0 Å². The van der Waals surface area contributed by atoms with Gasteiger partial charge in [-0.1, -0.05) is 109 Å². The number of hydrogen-bond acceptors (Lipinski definition) is 3. The molecule has 0 aliphatic rings. The molecule has 0 saturated heterocycles. The molecule has 0 saturated carbocycles. The Kier molecular flexibility index (Phi) is 4.95. The van der Waals surface area contributed by atoms with Gasteiger partial charge in [-0.05, 0) is 36.9 Å². The highest BCUT2D eigenvalue weighted by Gasteiger charge is 2.22. The molecule has 0 atom stereocenters. The first-order valence-corrected chi connectivity index (χ1v) is 14.7. The van der Waals surface area contributed by atoms with E-state index in [2.05, 4.69) is 144 Å². The minimum absolute atomic E-state index is 0.473. The summed E-state index contributed by atoms with van der Waals surface area (Å²) in [4.78, 5) is 0. The molecular formula is C36H27BN6-. The van der Waals surface area contributed by atoms with Gasteiger partial charge in [0.2, 0.25) is 0 Å². The van der Waals surface area contributed by atoms with Gasteiger partial charge in [0.05, 0.1) is 16.7 Å². The molecule has 0 spiro atoms. The van der Waals surface area contributed by atoms with Crippen LogP contribution in [0.5, 0.6) is 0 Å². The Hall–Kier alpha value is -5.43. The summed E-state index contributed by atoms with van der Waals surface area (Å²) in [7, 11) is -0.473. The molecule has 3 heterocycles. The van der Waals surface area contributed by atoms with Gasteiger partial charge in [-0.2, -0.15) is 0 Å². The summed E-state index contributed by atoms with van der Waals surface area (Å²) < 4.78 is 6.37. The van der Waals surface area contributed by atoms with Gasteiger partial charge in [-0.3, -0.25) is 0 Å². The minimum Gasteiger partial charge on any atom is -0.421 e. The van der Waals surface area contributed by atoms with E-state index < -0.39 is 7.12 Å². The maximum Gasteiger partial charge on any atom is 0.262 e. The molecule has 43 heavy (non-hydrogen) atoms.